The van der Waals surface area contributed by atoms with E-state index in [1.165, 1.54) is 12.8 Å². The van der Waals surface area contributed by atoms with Gasteiger partial charge in [0, 0.05) is 31.8 Å². The number of ether oxygens (including phenoxy) is 2. The largest absolute Gasteiger partial charge is 0.489 e. The van der Waals surface area contributed by atoms with E-state index in [2.05, 4.69) is 16.0 Å². The molecule has 1 aromatic heterocycles. The Kier molecular flexibility index (Phi) is 4.93. The first-order valence-corrected chi connectivity index (χ1v) is 8.01. The van der Waals surface area contributed by atoms with Crippen molar-refractivity contribution in [3.05, 3.63) is 18.5 Å². The van der Waals surface area contributed by atoms with Gasteiger partial charge in [0.25, 0.3) is 0 Å². The molecule has 21 heavy (non-hydrogen) atoms. The van der Waals surface area contributed by atoms with Crippen LogP contribution >= 0.6 is 0 Å². The minimum Gasteiger partial charge on any atom is -0.489 e. The van der Waals surface area contributed by atoms with Crippen LogP contribution in [0.4, 0.5) is 5.69 Å². The topological polar surface area (TPSA) is 60.6 Å². The van der Waals surface area contributed by atoms with E-state index in [1.807, 2.05) is 6.20 Å². The summed E-state index contributed by atoms with van der Waals surface area (Å²) in [6.07, 6.45) is 9.64. The van der Waals surface area contributed by atoms with Gasteiger partial charge in [-0.1, -0.05) is 0 Å². The molecule has 2 saturated heterocycles. The van der Waals surface area contributed by atoms with E-state index >= 15 is 0 Å². The van der Waals surface area contributed by atoms with Crippen LogP contribution in [0.3, 0.4) is 0 Å². The minimum absolute atomic E-state index is 0.228. The number of pyridine rings is 1. The van der Waals surface area contributed by atoms with Crippen molar-refractivity contribution in [3.63, 3.8) is 0 Å². The van der Waals surface area contributed by atoms with Gasteiger partial charge in [-0.3, -0.25) is 4.98 Å². The van der Waals surface area contributed by atoms with Crippen LogP contribution in [0.2, 0.25) is 0 Å². The summed E-state index contributed by atoms with van der Waals surface area (Å²) in [6, 6.07) is 2.33. The van der Waals surface area contributed by atoms with Gasteiger partial charge >= 0.3 is 0 Å². The van der Waals surface area contributed by atoms with Crippen molar-refractivity contribution in [3.8, 4) is 5.75 Å². The monoisotopic (exact) mass is 291 g/mol. The molecule has 2 atom stereocenters. The molecular formula is C16H25N3O2. The molecule has 0 spiro atoms. The maximum atomic E-state index is 6.05. The molecule has 2 aliphatic rings. The minimum atomic E-state index is 0.228. The molecular weight excluding hydrogens is 266 g/mol. The number of hydrogen-bond donors (Lipinski definition) is 1. The highest BCUT2D eigenvalue weighted by Crippen LogP contribution is 2.23. The molecule has 2 N–H and O–H groups in total. The average Bonchev–Trinajstić information content (AvgIpc) is 2.54. The molecule has 0 amide bonds. The van der Waals surface area contributed by atoms with Crippen LogP contribution in [0.15, 0.2) is 18.5 Å². The Morgan fingerprint density at radius 3 is 3.05 bits per heavy atom. The Hall–Kier alpha value is -1.33. The first-order chi connectivity index (χ1) is 10.3. The van der Waals surface area contributed by atoms with E-state index in [4.69, 9.17) is 15.2 Å². The molecule has 2 aliphatic heterocycles. The number of nitrogens with two attached hydrogens (primary N) is 1. The van der Waals surface area contributed by atoms with Gasteiger partial charge in [0.1, 0.15) is 12.4 Å². The predicted molar refractivity (Wildman–Crippen MR) is 82.7 cm³/mol. The second-order valence-corrected chi connectivity index (χ2v) is 6.03. The van der Waals surface area contributed by atoms with Crippen LogP contribution < -0.4 is 15.4 Å². The molecule has 0 radical (unpaired) electrons. The maximum Gasteiger partial charge on any atom is 0.139 e. The predicted octanol–water partition coefficient (Wildman–Crippen LogP) is 1.96. The molecule has 116 valence electrons. The molecule has 0 aromatic carbocycles. The summed E-state index contributed by atoms with van der Waals surface area (Å²) >= 11 is 0. The molecule has 0 saturated carbocycles. The van der Waals surface area contributed by atoms with Crippen molar-refractivity contribution in [2.45, 2.75) is 44.2 Å². The van der Waals surface area contributed by atoms with Crippen LogP contribution in [-0.4, -0.2) is 43.4 Å². The fourth-order valence-electron chi connectivity index (χ4n) is 3.03. The van der Waals surface area contributed by atoms with Crippen molar-refractivity contribution in [1.29, 1.82) is 0 Å². The van der Waals surface area contributed by atoms with Crippen molar-refractivity contribution >= 4 is 5.69 Å². The van der Waals surface area contributed by atoms with Gasteiger partial charge in [-0.25, -0.2) is 0 Å². The first kappa shape index (κ1) is 14.6. The second-order valence-electron chi connectivity index (χ2n) is 6.03. The number of aromatic nitrogens is 1. The van der Waals surface area contributed by atoms with Gasteiger partial charge in [-0.05, 0) is 32.1 Å². The summed E-state index contributed by atoms with van der Waals surface area (Å²) in [5.74, 6) is 0.820. The third kappa shape index (κ3) is 4.08. The Balaban J connectivity index is 1.57. The first-order valence-electron chi connectivity index (χ1n) is 8.01. The van der Waals surface area contributed by atoms with Crippen LogP contribution in [0.5, 0.6) is 5.75 Å². The van der Waals surface area contributed by atoms with Gasteiger partial charge in [-0.15, -0.1) is 0 Å². The summed E-state index contributed by atoms with van der Waals surface area (Å²) < 4.78 is 11.5. The lowest BCUT2D eigenvalue weighted by Gasteiger charge is -2.32. The lowest BCUT2D eigenvalue weighted by atomic mass is 10.1. The van der Waals surface area contributed by atoms with Gasteiger partial charge in [0.15, 0.2) is 0 Å². The summed E-state index contributed by atoms with van der Waals surface area (Å²) in [7, 11) is 0. The molecule has 0 bridgehead atoms. The van der Waals surface area contributed by atoms with E-state index in [1.54, 1.807) is 6.20 Å². The smallest absolute Gasteiger partial charge is 0.139 e. The molecule has 1 aromatic rings. The number of rotatable bonds is 4. The Labute approximate surface area is 126 Å². The molecule has 3 rings (SSSR count). The summed E-state index contributed by atoms with van der Waals surface area (Å²) in [4.78, 5) is 6.60. The molecule has 2 fully saturated rings. The van der Waals surface area contributed by atoms with Crippen LogP contribution in [0, 0.1) is 0 Å². The van der Waals surface area contributed by atoms with Crippen LogP contribution in [0.25, 0.3) is 0 Å². The normalized spacial score (nSPS) is 26.6. The highest BCUT2D eigenvalue weighted by Gasteiger charge is 2.18. The molecule has 2 unspecified atom stereocenters. The highest BCUT2D eigenvalue weighted by atomic mass is 16.5. The fraction of sp³-hybridized carbons (Fsp3) is 0.688. The molecule has 5 nitrogen and oxygen atoms in total. The van der Waals surface area contributed by atoms with E-state index in [-0.39, 0.29) is 12.1 Å². The Morgan fingerprint density at radius 2 is 2.24 bits per heavy atom. The zero-order valence-corrected chi connectivity index (χ0v) is 12.5. The Bertz CT molecular complexity index is 449. The van der Waals surface area contributed by atoms with Gasteiger partial charge in [-0.2, -0.15) is 0 Å². The van der Waals surface area contributed by atoms with Crippen molar-refractivity contribution in [2.75, 3.05) is 31.2 Å². The van der Waals surface area contributed by atoms with Crippen LogP contribution in [-0.2, 0) is 4.74 Å². The van der Waals surface area contributed by atoms with Crippen LogP contribution in [0.1, 0.15) is 32.1 Å². The average molecular weight is 291 g/mol. The van der Waals surface area contributed by atoms with Crippen molar-refractivity contribution in [1.82, 2.24) is 4.98 Å². The number of hydrogen-bond acceptors (Lipinski definition) is 5. The van der Waals surface area contributed by atoms with E-state index in [9.17, 15) is 0 Å². The second kappa shape index (κ2) is 7.09. The fourth-order valence-corrected chi connectivity index (χ4v) is 3.03. The SMILES string of the molecule is NC1CCCN(c2cncc(OCC3CCCCO3)c2)C1. The lowest BCUT2D eigenvalue weighted by Crippen LogP contribution is -2.42. The zero-order chi connectivity index (χ0) is 14.5. The molecule has 3 heterocycles. The van der Waals surface area contributed by atoms with Gasteiger partial charge in [0.05, 0.1) is 24.2 Å². The number of anilines is 1. The maximum absolute atomic E-state index is 6.05. The van der Waals surface area contributed by atoms with E-state index in [0.29, 0.717) is 6.61 Å². The third-order valence-electron chi connectivity index (χ3n) is 4.23. The van der Waals surface area contributed by atoms with Crippen molar-refractivity contribution < 1.29 is 9.47 Å². The number of piperidine rings is 1. The summed E-state index contributed by atoms with van der Waals surface area (Å²) in [5, 5.41) is 0. The van der Waals surface area contributed by atoms with E-state index < -0.39 is 0 Å². The van der Waals surface area contributed by atoms with Gasteiger partial charge < -0.3 is 20.1 Å². The zero-order valence-electron chi connectivity index (χ0n) is 12.5. The quantitative estimate of drug-likeness (QED) is 0.919. The Morgan fingerprint density at radius 1 is 1.29 bits per heavy atom. The third-order valence-corrected chi connectivity index (χ3v) is 4.23. The molecule has 5 heteroatoms. The van der Waals surface area contributed by atoms with Crippen molar-refractivity contribution in [2.24, 2.45) is 5.73 Å². The number of nitrogens with zero attached hydrogens (tertiary/aromatic N) is 2. The summed E-state index contributed by atoms with van der Waals surface area (Å²) in [5.41, 5.74) is 7.15. The summed E-state index contributed by atoms with van der Waals surface area (Å²) in [6.45, 7) is 3.42. The van der Waals surface area contributed by atoms with E-state index in [0.717, 1.165) is 50.4 Å². The highest BCUT2D eigenvalue weighted by molar-refractivity contribution is 5.48. The lowest BCUT2D eigenvalue weighted by molar-refractivity contribution is -0.0111. The standard InChI is InChI=1S/C16H25N3O2/c17-13-4-3-6-19(11-13)14-8-16(10-18-9-14)21-12-15-5-1-2-7-20-15/h8-10,13,15H,1-7,11-12,17H2. The molecule has 0 aliphatic carbocycles. The van der Waals surface area contributed by atoms with Gasteiger partial charge in [0.2, 0.25) is 0 Å².